The summed E-state index contributed by atoms with van der Waals surface area (Å²) in [6.45, 7) is 2.57. The maximum absolute atomic E-state index is 6.40. The second-order valence-corrected chi connectivity index (χ2v) is 8.33. The molecule has 0 fully saturated rings. The van der Waals surface area contributed by atoms with E-state index in [4.69, 9.17) is 37.4 Å². The molecule has 164 valence electrons. The van der Waals surface area contributed by atoms with Gasteiger partial charge in [-0.15, -0.1) is 0 Å². The third-order valence-electron chi connectivity index (χ3n) is 5.77. The summed E-state index contributed by atoms with van der Waals surface area (Å²) >= 11 is 12.6. The number of nitrogens with zero attached hydrogens (tertiary/aromatic N) is 2. The summed E-state index contributed by atoms with van der Waals surface area (Å²) in [5.74, 6) is 1.94. The van der Waals surface area contributed by atoms with Crippen molar-refractivity contribution in [3.8, 4) is 17.2 Å². The van der Waals surface area contributed by atoms with Gasteiger partial charge in [-0.05, 0) is 42.3 Å². The highest BCUT2D eigenvalue weighted by molar-refractivity contribution is 6.42. The maximum Gasteiger partial charge on any atom is 0.203 e. The van der Waals surface area contributed by atoms with Crippen molar-refractivity contribution in [2.75, 3.05) is 27.9 Å². The molecule has 31 heavy (non-hydrogen) atoms. The number of hydrogen-bond donors (Lipinski definition) is 0. The minimum atomic E-state index is 0.0325. The van der Waals surface area contributed by atoms with E-state index < -0.39 is 0 Å². The molecule has 0 radical (unpaired) electrons. The second-order valence-electron chi connectivity index (χ2n) is 7.52. The van der Waals surface area contributed by atoms with Gasteiger partial charge in [0, 0.05) is 37.1 Å². The van der Waals surface area contributed by atoms with Crippen molar-refractivity contribution in [1.82, 2.24) is 9.47 Å². The molecule has 1 aromatic heterocycles. The number of halogens is 2. The first-order valence-corrected chi connectivity index (χ1v) is 10.9. The van der Waals surface area contributed by atoms with Gasteiger partial charge in [0.2, 0.25) is 5.75 Å². The molecule has 0 saturated heterocycles. The lowest BCUT2D eigenvalue weighted by Crippen LogP contribution is -2.29. The number of rotatable bonds is 6. The van der Waals surface area contributed by atoms with Crippen molar-refractivity contribution in [3.63, 3.8) is 0 Å². The van der Waals surface area contributed by atoms with E-state index in [-0.39, 0.29) is 6.04 Å². The lowest BCUT2D eigenvalue weighted by atomic mass is 10.0. The SMILES string of the molecule is COc1ccc(CN2CCCn3cccc3C2c2ccc(Cl)c(Cl)c2)c(OC)c1OC. The molecule has 0 aliphatic carbocycles. The van der Waals surface area contributed by atoms with Crippen molar-refractivity contribution in [3.05, 3.63) is 75.5 Å². The number of fused-ring (bicyclic) bond motifs is 1. The smallest absolute Gasteiger partial charge is 0.203 e. The minimum absolute atomic E-state index is 0.0325. The van der Waals surface area contributed by atoms with E-state index >= 15 is 0 Å². The van der Waals surface area contributed by atoms with Crippen molar-refractivity contribution in [2.24, 2.45) is 0 Å². The summed E-state index contributed by atoms with van der Waals surface area (Å²) in [5, 5.41) is 1.12. The van der Waals surface area contributed by atoms with Gasteiger partial charge in [0.1, 0.15) is 0 Å². The Morgan fingerprint density at radius 2 is 1.71 bits per heavy atom. The fourth-order valence-corrected chi connectivity index (χ4v) is 4.69. The van der Waals surface area contributed by atoms with Crippen LogP contribution in [0.2, 0.25) is 10.0 Å². The molecule has 0 bridgehead atoms. The molecule has 2 heterocycles. The third kappa shape index (κ3) is 4.22. The summed E-state index contributed by atoms with van der Waals surface area (Å²) in [6, 6.07) is 14.2. The monoisotopic (exact) mass is 460 g/mol. The molecule has 1 unspecified atom stereocenters. The average Bonchev–Trinajstić information content (AvgIpc) is 3.16. The highest BCUT2D eigenvalue weighted by Gasteiger charge is 2.29. The number of benzene rings is 2. The Hall–Kier alpha value is -2.34. The largest absolute Gasteiger partial charge is 0.493 e. The van der Waals surface area contributed by atoms with Crippen LogP contribution in [-0.4, -0.2) is 37.3 Å². The maximum atomic E-state index is 6.40. The quantitative estimate of drug-likeness (QED) is 0.464. The normalized spacial score (nSPS) is 16.5. The van der Waals surface area contributed by atoms with Gasteiger partial charge >= 0.3 is 0 Å². The number of aryl methyl sites for hydroxylation is 1. The molecule has 3 aromatic rings. The van der Waals surface area contributed by atoms with E-state index in [0.29, 0.717) is 33.8 Å². The van der Waals surface area contributed by atoms with Crippen LogP contribution in [0.25, 0.3) is 0 Å². The number of hydrogen-bond acceptors (Lipinski definition) is 4. The van der Waals surface area contributed by atoms with Gasteiger partial charge in [-0.25, -0.2) is 0 Å². The van der Waals surface area contributed by atoms with Gasteiger partial charge in [-0.2, -0.15) is 0 Å². The topological polar surface area (TPSA) is 35.9 Å². The van der Waals surface area contributed by atoms with E-state index in [9.17, 15) is 0 Å². The Bertz CT molecular complexity index is 1070. The number of ether oxygens (including phenoxy) is 3. The predicted octanol–water partition coefficient (Wildman–Crippen LogP) is 5.82. The molecule has 1 aliphatic heterocycles. The number of methoxy groups -OCH3 is 3. The molecule has 4 rings (SSSR count). The summed E-state index contributed by atoms with van der Waals surface area (Å²) in [7, 11) is 4.91. The van der Waals surface area contributed by atoms with E-state index in [2.05, 4.69) is 33.9 Å². The first kappa shape index (κ1) is 21.9. The molecular weight excluding hydrogens is 435 g/mol. The van der Waals surface area contributed by atoms with E-state index in [0.717, 1.165) is 30.6 Å². The van der Waals surface area contributed by atoms with Crippen molar-refractivity contribution in [2.45, 2.75) is 25.6 Å². The molecule has 1 aliphatic rings. The Balaban J connectivity index is 1.78. The Kier molecular flexibility index (Phi) is 6.65. The van der Waals surface area contributed by atoms with Crippen LogP contribution in [0.4, 0.5) is 0 Å². The van der Waals surface area contributed by atoms with Crippen molar-refractivity contribution >= 4 is 23.2 Å². The zero-order chi connectivity index (χ0) is 22.0. The minimum Gasteiger partial charge on any atom is -0.493 e. The van der Waals surface area contributed by atoms with Gasteiger partial charge in [-0.1, -0.05) is 35.3 Å². The van der Waals surface area contributed by atoms with E-state index in [1.165, 1.54) is 5.69 Å². The zero-order valence-corrected chi connectivity index (χ0v) is 19.4. The van der Waals surface area contributed by atoms with Gasteiger partial charge in [0.15, 0.2) is 11.5 Å². The molecule has 2 aromatic carbocycles. The molecule has 7 heteroatoms. The summed E-state index contributed by atoms with van der Waals surface area (Å²) < 4.78 is 19.1. The fourth-order valence-electron chi connectivity index (χ4n) is 4.38. The molecule has 0 saturated carbocycles. The van der Waals surface area contributed by atoms with E-state index in [1.54, 1.807) is 21.3 Å². The summed E-state index contributed by atoms with van der Waals surface area (Å²) in [6.07, 6.45) is 3.18. The highest BCUT2D eigenvalue weighted by Crippen LogP contribution is 2.42. The van der Waals surface area contributed by atoms with Crippen LogP contribution in [0, 0.1) is 0 Å². The summed E-state index contributed by atoms with van der Waals surface area (Å²) in [4.78, 5) is 2.45. The van der Waals surface area contributed by atoms with Crippen LogP contribution in [-0.2, 0) is 13.1 Å². The second kappa shape index (κ2) is 9.43. The van der Waals surface area contributed by atoms with Gasteiger partial charge < -0.3 is 18.8 Å². The lowest BCUT2D eigenvalue weighted by Gasteiger charge is -2.31. The molecule has 1 atom stereocenters. The molecule has 0 N–H and O–H groups in total. The Morgan fingerprint density at radius 3 is 2.42 bits per heavy atom. The standard InChI is InChI=1S/C24H26Cl2N2O3/c1-29-21-10-8-17(23(30-2)24(21)31-3)15-28-13-5-12-27-11-4-6-20(27)22(28)16-7-9-18(25)19(26)14-16/h4,6-11,14,22H,5,12-13,15H2,1-3H3. The first-order chi connectivity index (χ1) is 15.1. The van der Waals surface area contributed by atoms with Crippen LogP contribution in [0.15, 0.2) is 48.7 Å². The predicted molar refractivity (Wildman–Crippen MR) is 124 cm³/mol. The molecule has 0 spiro atoms. The van der Waals surface area contributed by atoms with Gasteiger partial charge in [0.05, 0.1) is 37.4 Å². The Morgan fingerprint density at radius 1 is 0.903 bits per heavy atom. The van der Waals surface area contributed by atoms with Crippen molar-refractivity contribution < 1.29 is 14.2 Å². The zero-order valence-electron chi connectivity index (χ0n) is 17.9. The molecular formula is C24H26Cl2N2O3. The number of aromatic nitrogens is 1. The first-order valence-electron chi connectivity index (χ1n) is 10.2. The van der Waals surface area contributed by atoms with Crippen LogP contribution >= 0.6 is 23.2 Å². The summed E-state index contributed by atoms with van der Waals surface area (Å²) in [5.41, 5.74) is 3.37. The Labute approximate surface area is 193 Å². The lowest BCUT2D eigenvalue weighted by molar-refractivity contribution is 0.216. The van der Waals surface area contributed by atoms with Crippen LogP contribution in [0.5, 0.6) is 17.2 Å². The highest BCUT2D eigenvalue weighted by atomic mass is 35.5. The molecule has 5 nitrogen and oxygen atoms in total. The third-order valence-corrected chi connectivity index (χ3v) is 6.51. The van der Waals surface area contributed by atoms with Gasteiger partial charge in [0.25, 0.3) is 0 Å². The fraction of sp³-hybridized carbons (Fsp3) is 0.333. The van der Waals surface area contributed by atoms with Crippen LogP contribution in [0.1, 0.15) is 29.3 Å². The van der Waals surface area contributed by atoms with Gasteiger partial charge in [-0.3, -0.25) is 4.90 Å². The van der Waals surface area contributed by atoms with E-state index in [1.807, 2.05) is 24.3 Å². The van der Waals surface area contributed by atoms with Crippen LogP contribution < -0.4 is 14.2 Å². The average molecular weight is 461 g/mol. The van der Waals surface area contributed by atoms with Crippen LogP contribution in [0.3, 0.4) is 0 Å². The van der Waals surface area contributed by atoms with Crippen molar-refractivity contribution in [1.29, 1.82) is 0 Å². The molecule has 0 amide bonds.